The van der Waals surface area contributed by atoms with Crippen LogP contribution < -0.4 is 16.3 Å². The van der Waals surface area contributed by atoms with Gasteiger partial charge in [-0.2, -0.15) is 18.2 Å². The molecule has 2 amide bonds. The highest BCUT2D eigenvalue weighted by Crippen LogP contribution is 2.37. The van der Waals surface area contributed by atoms with E-state index >= 15 is 0 Å². The van der Waals surface area contributed by atoms with Crippen LogP contribution in [0, 0.1) is 0 Å². The monoisotopic (exact) mass is 889 g/mol. The fraction of sp³-hybridized carbons (Fsp3) is 0.543. The summed E-state index contributed by atoms with van der Waals surface area (Å²) in [5.41, 5.74) is 6.12. The number of anilines is 1. The second-order valence-electron chi connectivity index (χ2n) is 17.3. The number of hydrogen-bond donors (Lipinski definition) is 3. The minimum absolute atomic E-state index is 0.130. The number of piperidine rings is 1. The Bertz CT molecular complexity index is 2450. The standard InChI is InChI=1S/C46H58F3N9O6/c1-54-40-27-31(6-13-38(40)58(45(54)62)39-14-15-41(60)52-43(39)61)3-2-23-63-25-26-64-24-22-55-18-20-56(21-19-55)29-32-4-7-33(8-5-32)37-30-57(34-9-11-35(59)12-10-34)42-36(37)28-51-44(53-42)50-17-16-46(47,48)49/h4-8,13,27-28,30,34-35,39,59H,2-3,9-12,14-26,29H2,1H3,(H,50,51,53)(H,52,60,61)/t34-,35-,39-/m0/s1. The first-order valence-electron chi connectivity index (χ1n) is 22.5. The number of nitrogens with zero attached hydrogens (tertiary/aromatic N) is 7. The number of carbonyl (C=O) groups excluding carboxylic acids is 2. The van der Waals surface area contributed by atoms with Gasteiger partial charge >= 0.3 is 11.9 Å². The van der Waals surface area contributed by atoms with Gasteiger partial charge in [-0.3, -0.25) is 33.8 Å². The predicted octanol–water partition coefficient (Wildman–Crippen LogP) is 5.35. The maximum Gasteiger partial charge on any atom is 0.390 e. The SMILES string of the molecule is Cn1c(=O)n([C@H]2CCC(=O)NC2=O)c2ccc(CCCOCCOCCN3CCN(Cc4ccc(-c5cn([C@H]6CC[C@H](O)CC6)c6nc(NCCC(F)(F)F)ncc56)cc4)CC3)cc21. The summed E-state index contributed by atoms with van der Waals surface area (Å²) < 4.78 is 55.2. The molecule has 0 bridgehead atoms. The Labute approximate surface area is 369 Å². The Morgan fingerprint density at radius 1 is 0.875 bits per heavy atom. The van der Waals surface area contributed by atoms with E-state index in [1.165, 1.54) is 10.1 Å². The molecule has 2 saturated heterocycles. The smallest absolute Gasteiger partial charge is 0.390 e. The average molecular weight is 890 g/mol. The zero-order chi connectivity index (χ0) is 44.8. The third-order valence-corrected chi connectivity index (χ3v) is 12.8. The molecule has 3 N–H and O–H groups in total. The van der Waals surface area contributed by atoms with E-state index in [0.29, 0.717) is 56.9 Å². The third-order valence-electron chi connectivity index (χ3n) is 12.8. The number of carbonyl (C=O) groups is 2. The fourth-order valence-corrected chi connectivity index (χ4v) is 9.18. The number of aliphatic hydroxyl groups is 1. The van der Waals surface area contributed by atoms with Gasteiger partial charge in [-0.15, -0.1) is 0 Å². The molecular formula is C46H58F3N9O6. The molecule has 8 rings (SSSR count). The number of aromatic nitrogens is 5. The van der Waals surface area contributed by atoms with Gasteiger partial charge in [0.15, 0.2) is 0 Å². The summed E-state index contributed by atoms with van der Waals surface area (Å²) in [6.07, 6.45) is 3.32. The van der Waals surface area contributed by atoms with Crippen molar-refractivity contribution in [1.29, 1.82) is 0 Å². The number of halogens is 3. The van der Waals surface area contributed by atoms with Gasteiger partial charge in [-0.25, -0.2) is 9.78 Å². The molecule has 18 heteroatoms. The van der Waals surface area contributed by atoms with Gasteiger partial charge in [0.2, 0.25) is 17.8 Å². The summed E-state index contributed by atoms with van der Waals surface area (Å²) >= 11 is 0. The van der Waals surface area contributed by atoms with Crippen LogP contribution in [0.4, 0.5) is 19.1 Å². The van der Waals surface area contributed by atoms with Crippen molar-refractivity contribution in [3.8, 4) is 11.1 Å². The quantitative estimate of drug-likeness (QED) is 0.0769. The summed E-state index contributed by atoms with van der Waals surface area (Å²) in [5, 5.41) is 16.0. The largest absolute Gasteiger partial charge is 0.393 e. The van der Waals surface area contributed by atoms with E-state index in [9.17, 15) is 32.7 Å². The minimum atomic E-state index is -4.27. The van der Waals surface area contributed by atoms with Crippen molar-refractivity contribution in [2.75, 3.05) is 71.0 Å². The van der Waals surface area contributed by atoms with Crippen LogP contribution in [0.5, 0.6) is 0 Å². The Morgan fingerprint density at radius 3 is 2.33 bits per heavy atom. The highest BCUT2D eigenvalue weighted by molar-refractivity contribution is 6.00. The summed E-state index contributed by atoms with van der Waals surface area (Å²) in [6.45, 7) is 7.52. The number of imide groups is 1. The lowest BCUT2D eigenvalue weighted by atomic mass is 9.93. The lowest BCUT2D eigenvalue weighted by Crippen LogP contribution is -2.46. The van der Waals surface area contributed by atoms with Crippen LogP contribution in [0.3, 0.4) is 0 Å². The summed E-state index contributed by atoms with van der Waals surface area (Å²) in [5.74, 6) is -0.583. The molecule has 64 heavy (non-hydrogen) atoms. The Kier molecular flexibility index (Phi) is 14.5. The number of ether oxygens (including phenoxy) is 2. The Morgan fingerprint density at radius 2 is 1.59 bits per heavy atom. The van der Waals surface area contributed by atoms with E-state index in [1.807, 2.05) is 18.2 Å². The predicted molar refractivity (Wildman–Crippen MR) is 236 cm³/mol. The number of aliphatic hydroxyl groups excluding tert-OH is 1. The summed E-state index contributed by atoms with van der Waals surface area (Å²) in [6, 6.07) is 13.8. The number of rotatable bonds is 18. The minimum Gasteiger partial charge on any atom is -0.393 e. The van der Waals surface area contributed by atoms with Crippen LogP contribution in [0.2, 0.25) is 0 Å². The molecule has 0 spiro atoms. The Balaban J connectivity index is 0.736. The summed E-state index contributed by atoms with van der Waals surface area (Å²) in [4.78, 5) is 51.1. The van der Waals surface area contributed by atoms with Gasteiger partial charge in [0.05, 0.1) is 43.4 Å². The molecule has 0 unspecified atom stereocenters. The van der Waals surface area contributed by atoms with Crippen molar-refractivity contribution < 1.29 is 37.3 Å². The zero-order valence-electron chi connectivity index (χ0n) is 36.3. The molecule has 1 saturated carbocycles. The molecule has 2 aromatic carbocycles. The second kappa shape index (κ2) is 20.4. The van der Waals surface area contributed by atoms with Gasteiger partial charge in [0.1, 0.15) is 11.7 Å². The molecule has 3 aromatic heterocycles. The number of amides is 2. The first kappa shape index (κ1) is 45.4. The number of piperazine rings is 1. The molecule has 344 valence electrons. The maximum absolute atomic E-state index is 13.0. The first-order chi connectivity index (χ1) is 30.9. The molecule has 1 atom stereocenters. The first-order valence-corrected chi connectivity index (χ1v) is 22.5. The van der Waals surface area contributed by atoms with E-state index in [0.717, 1.165) is 92.5 Å². The molecule has 15 nitrogen and oxygen atoms in total. The van der Waals surface area contributed by atoms with Crippen LogP contribution in [-0.2, 0) is 39.1 Å². The van der Waals surface area contributed by atoms with Crippen LogP contribution in [0.1, 0.15) is 74.6 Å². The topological polar surface area (TPSA) is 161 Å². The lowest BCUT2D eigenvalue weighted by molar-refractivity contribution is -0.136. The van der Waals surface area contributed by atoms with E-state index in [4.69, 9.17) is 9.47 Å². The van der Waals surface area contributed by atoms with Crippen molar-refractivity contribution in [1.82, 2.24) is 38.8 Å². The highest BCUT2D eigenvalue weighted by Gasteiger charge is 2.32. The number of nitrogens with one attached hydrogen (secondary N) is 2. The maximum atomic E-state index is 13.0. The van der Waals surface area contributed by atoms with Gasteiger partial charge < -0.3 is 24.5 Å². The number of hydrogen-bond acceptors (Lipinski definition) is 11. The van der Waals surface area contributed by atoms with E-state index in [-0.39, 0.29) is 42.7 Å². The number of aryl methyl sites for hydroxylation is 2. The molecule has 0 radical (unpaired) electrons. The summed E-state index contributed by atoms with van der Waals surface area (Å²) in [7, 11) is 1.70. The second-order valence-corrected chi connectivity index (χ2v) is 17.3. The van der Waals surface area contributed by atoms with E-state index in [2.05, 4.69) is 65.4 Å². The molecule has 3 aliphatic rings. The molecule has 2 aliphatic heterocycles. The number of alkyl halides is 3. The van der Waals surface area contributed by atoms with Gasteiger partial charge in [0.25, 0.3) is 0 Å². The lowest BCUT2D eigenvalue weighted by Gasteiger charge is -2.34. The van der Waals surface area contributed by atoms with Crippen LogP contribution in [-0.4, -0.2) is 128 Å². The molecular weight excluding hydrogens is 832 g/mol. The van der Waals surface area contributed by atoms with Crippen molar-refractivity contribution in [3.05, 3.63) is 76.5 Å². The molecule has 3 fully saturated rings. The Hall–Kier alpha value is -5.14. The van der Waals surface area contributed by atoms with E-state index in [1.54, 1.807) is 17.8 Å². The van der Waals surface area contributed by atoms with Crippen molar-refractivity contribution in [2.45, 2.75) is 88.7 Å². The number of imidazole rings is 1. The average Bonchev–Trinajstić information content (AvgIpc) is 3.77. The molecule has 1 aliphatic carbocycles. The zero-order valence-corrected chi connectivity index (χ0v) is 36.3. The van der Waals surface area contributed by atoms with Gasteiger partial charge in [-0.05, 0) is 73.8 Å². The third kappa shape index (κ3) is 11.0. The van der Waals surface area contributed by atoms with Crippen LogP contribution >= 0.6 is 0 Å². The fourth-order valence-electron chi connectivity index (χ4n) is 9.18. The van der Waals surface area contributed by atoms with E-state index < -0.39 is 24.5 Å². The molecule has 5 aromatic rings. The molecule has 5 heterocycles. The van der Waals surface area contributed by atoms with Crippen LogP contribution in [0.25, 0.3) is 33.2 Å². The van der Waals surface area contributed by atoms with Crippen LogP contribution in [0.15, 0.2) is 59.7 Å². The van der Waals surface area contributed by atoms with Gasteiger partial charge in [0, 0.05) is 95.3 Å². The highest BCUT2D eigenvalue weighted by atomic mass is 19.4. The van der Waals surface area contributed by atoms with Crippen molar-refractivity contribution in [2.24, 2.45) is 7.05 Å². The number of benzene rings is 2. The van der Waals surface area contributed by atoms with Crippen molar-refractivity contribution >= 4 is 39.8 Å². The normalized spacial score (nSPS) is 20.4. The van der Waals surface area contributed by atoms with Gasteiger partial charge in [-0.1, -0.05) is 30.3 Å². The number of fused-ring (bicyclic) bond motifs is 2. The van der Waals surface area contributed by atoms with Crippen molar-refractivity contribution in [3.63, 3.8) is 0 Å².